The fourth-order valence-corrected chi connectivity index (χ4v) is 3.62. The SMILES string of the molecule is CC.Cc1cc(C(C)(C)C)cc2ccc3cc(C(C)(C)C)cc(C)c3c12. The summed E-state index contributed by atoms with van der Waals surface area (Å²) in [5, 5.41) is 5.55. The van der Waals surface area contributed by atoms with E-state index in [9.17, 15) is 0 Å². The van der Waals surface area contributed by atoms with Gasteiger partial charge in [0.25, 0.3) is 0 Å². The summed E-state index contributed by atoms with van der Waals surface area (Å²) in [4.78, 5) is 0. The topological polar surface area (TPSA) is 0 Å². The van der Waals surface area contributed by atoms with Crippen LogP contribution in [0, 0.1) is 13.8 Å². The molecule has 0 aromatic heterocycles. The molecule has 0 saturated carbocycles. The second-order valence-corrected chi connectivity index (χ2v) is 9.35. The number of hydrogen-bond acceptors (Lipinski definition) is 0. The van der Waals surface area contributed by atoms with Crippen molar-refractivity contribution in [1.82, 2.24) is 0 Å². The van der Waals surface area contributed by atoms with Crippen molar-refractivity contribution < 1.29 is 0 Å². The van der Waals surface area contributed by atoms with E-state index in [1.165, 1.54) is 43.8 Å². The first-order chi connectivity index (χ1) is 12.0. The Kier molecular flexibility index (Phi) is 5.57. The lowest BCUT2D eigenvalue weighted by Gasteiger charge is -2.23. The van der Waals surface area contributed by atoms with E-state index in [4.69, 9.17) is 0 Å². The number of aryl methyl sites for hydroxylation is 2. The lowest BCUT2D eigenvalue weighted by molar-refractivity contribution is 0.590. The van der Waals surface area contributed by atoms with Gasteiger partial charge in [-0.25, -0.2) is 0 Å². The Balaban J connectivity index is 0.00000117. The largest absolute Gasteiger partial charge is 0.0683 e. The van der Waals surface area contributed by atoms with Gasteiger partial charge in [0, 0.05) is 0 Å². The molecule has 0 unspecified atom stereocenters. The van der Waals surface area contributed by atoms with Crippen molar-refractivity contribution in [2.75, 3.05) is 0 Å². The van der Waals surface area contributed by atoms with Crippen LogP contribution in [0.3, 0.4) is 0 Å². The third kappa shape index (κ3) is 3.80. The van der Waals surface area contributed by atoms with E-state index in [0.717, 1.165) is 0 Å². The van der Waals surface area contributed by atoms with Crippen LogP contribution in [0.25, 0.3) is 21.5 Å². The lowest BCUT2D eigenvalue weighted by Crippen LogP contribution is -2.12. The summed E-state index contributed by atoms with van der Waals surface area (Å²) in [5.74, 6) is 0. The summed E-state index contributed by atoms with van der Waals surface area (Å²) in [6.07, 6.45) is 0. The molecule has 3 rings (SSSR count). The van der Waals surface area contributed by atoms with Crippen LogP contribution in [0.2, 0.25) is 0 Å². The van der Waals surface area contributed by atoms with Crippen LogP contribution in [-0.2, 0) is 10.8 Å². The number of rotatable bonds is 0. The minimum Gasteiger partial charge on any atom is -0.0683 e. The Hall–Kier alpha value is -1.82. The van der Waals surface area contributed by atoms with Gasteiger partial charge in [0.2, 0.25) is 0 Å². The third-order valence-corrected chi connectivity index (χ3v) is 5.16. The minimum absolute atomic E-state index is 0.180. The van der Waals surface area contributed by atoms with Crippen molar-refractivity contribution >= 4 is 21.5 Å². The highest BCUT2D eigenvalue weighted by molar-refractivity contribution is 6.11. The first-order valence-corrected chi connectivity index (χ1v) is 9.97. The van der Waals surface area contributed by atoms with Crippen LogP contribution in [0.4, 0.5) is 0 Å². The van der Waals surface area contributed by atoms with Gasteiger partial charge in [0.15, 0.2) is 0 Å². The highest BCUT2D eigenvalue weighted by Gasteiger charge is 2.18. The van der Waals surface area contributed by atoms with Crippen LogP contribution in [-0.4, -0.2) is 0 Å². The molecule has 0 spiro atoms. The van der Waals surface area contributed by atoms with E-state index in [1.807, 2.05) is 13.8 Å². The van der Waals surface area contributed by atoms with Crippen LogP contribution < -0.4 is 0 Å². The smallest absolute Gasteiger partial charge is 0.00732 e. The summed E-state index contributed by atoms with van der Waals surface area (Å²) in [5.41, 5.74) is 5.95. The van der Waals surface area contributed by atoms with Gasteiger partial charge in [0.05, 0.1) is 0 Å². The molecule has 0 N–H and O–H groups in total. The average molecular weight is 349 g/mol. The summed E-state index contributed by atoms with van der Waals surface area (Å²) in [7, 11) is 0. The molecular weight excluding hydrogens is 312 g/mol. The molecule has 26 heavy (non-hydrogen) atoms. The Morgan fingerprint density at radius 3 is 1.12 bits per heavy atom. The van der Waals surface area contributed by atoms with E-state index in [1.54, 1.807) is 0 Å². The fraction of sp³-hybridized carbons (Fsp3) is 0.462. The Morgan fingerprint density at radius 1 is 0.538 bits per heavy atom. The standard InChI is InChI=1S/C24H30.C2H6/c1-15-11-19(23(3,4)5)13-17-9-10-18-14-20(24(6,7)8)12-16(2)22(18)21(15)17;1-2/h9-14H,1-8H3;1-2H3. The molecule has 0 amide bonds. The maximum absolute atomic E-state index is 2.37. The van der Waals surface area contributed by atoms with Gasteiger partial charge in [-0.2, -0.15) is 0 Å². The number of benzene rings is 3. The van der Waals surface area contributed by atoms with Gasteiger partial charge in [0.1, 0.15) is 0 Å². The van der Waals surface area contributed by atoms with Crippen molar-refractivity contribution in [2.45, 2.75) is 80.1 Å². The minimum atomic E-state index is 0.180. The molecule has 0 aliphatic carbocycles. The molecule has 0 atom stereocenters. The maximum atomic E-state index is 2.37. The summed E-state index contributed by atoms with van der Waals surface area (Å²) in [6.45, 7) is 22.2. The fourth-order valence-electron chi connectivity index (χ4n) is 3.62. The van der Waals surface area contributed by atoms with Crippen LogP contribution >= 0.6 is 0 Å². The van der Waals surface area contributed by atoms with E-state index in [2.05, 4.69) is 91.8 Å². The summed E-state index contributed by atoms with van der Waals surface area (Å²) < 4.78 is 0. The van der Waals surface area contributed by atoms with Crippen LogP contribution in [0.15, 0.2) is 36.4 Å². The predicted octanol–water partition coefficient (Wildman–Crippen LogP) is 8.23. The second kappa shape index (κ2) is 7.06. The average Bonchev–Trinajstić information content (AvgIpc) is 2.54. The van der Waals surface area contributed by atoms with Crippen molar-refractivity contribution in [2.24, 2.45) is 0 Å². The zero-order chi connectivity index (χ0) is 19.9. The second-order valence-electron chi connectivity index (χ2n) is 9.35. The molecule has 3 aromatic rings. The van der Waals surface area contributed by atoms with Crippen molar-refractivity contribution in [3.8, 4) is 0 Å². The van der Waals surface area contributed by atoms with Gasteiger partial charge < -0.3 is 0 Å². The zero-order valence-electron chi connectivity index (χ0n) is 18.5. The van der Waals surface area contributed by atoms with Gasteiger partial charge in [-0.3, -0.25) is 0 Å². The maximum Gasteiger partial charge on any atom is -0.00732 e. The molecule has 0 bridgehead atoms. The van der Waals surface area contributed by atoms with Gasteiger partial charge >= 0.3 is 0 Å². The first-order valence-electron chi connectivity index (χ1n) is 9.97. The predicted molar refractivity (Wildman–Crippen MR) is 120 cm³/mol. The Bertz CT molecular complexity index is 850. The highest BCUT2D eigenvalue weighted by atomic mass is 14.2. The molecule has 0 fully saturated rings. The highest BCUT2D eigenvalue weighted by Crippen LogP contribution is 2.36. The molecule has 0 radical (unpaired) electrons. The molecule has 0 saturated heterocycles. The van der Waals surface area contributed by atoms with E-state index < -0.39 is 0 Å². The van der Waals surface area contributed by atoms with E-state index >= 15 is 0 Å². The van der Waals surface area contributed by atoms with Crippen LogP contribution in [0.5, 0.6) is 0 Å². The van der Waals surface area contributed by atoms with E-state index in [0.29, 0.717) is 0 Å². The Labute approximate surface area is 160 Å². The molecule has 0 heteroatoms. The number of hydrogen-bond donors (Lipinski definition) is 0. The van der Waals surface area contributed by atoms with Gasteiger partial charge in [-0.05, 0) is 68.5 Å². The van der Waals surface area contributed by atoms with Crippen molar-refractivity contribution in [3.05, 3.63) is 58.7 Å². The lowest BCUT2D eigenvalue weighted by atomic mass is 9.81. The summed E-state index contributed by atoms with van der Waals surface area (Å²) >= 11 is 0. The molecule has 0 heterocycles. The van der Waals surface area contributed by atoms with Crippen molar-refractivity contribution in [1.29, 1.82) is 0 Å². The normalized spacial score (nSPS) is 12.2. The van der Waals surface area contributed by atoms with Gasteiger partial charge in [-0.15, -0.1) is 0 Å². The molecular formula is C26H36. The number of fused-ring (bicyclic) bond motifs is 3. The zero-order valence-corrected chi connectivity index (χ0v) is 18.5. The molecule has 140 valence electrons. The molecule has 0 aliphatic rings. The van der Waals surface area contributed by atoms with E-state index in [-0.39, 0.29) is 10.8 Å². The molecule has 3 aromatic carbocycles. The third-order valence-electron chi connectivity index (χ3n) is 5.16. The van der Waals surface area contributed by atoms with Crippen molar-refractivity contribution in [3.63, 3.8) is 0 Å². The summed E-state index contributed by atoms with van der Waals surface area (Å²) in [6, 6.07) is 14.1. The van der Waals surface area contributed by atoms with Crippen LogP contribution in [0.1, 0.15) is 77.6 Å². The Morgan fingerprint density at radius 2 is 0.846 bits per heavy atom. The first kappa shape index (κ1) is 20.5. The quantitative estimate of drug-likeness (QED) is 0.359. The molecule has 0 aliphatic heterocycles. The van der Waals surface area contributed by atoms with Gasteiger partial charge in [-0.1, -0.05) is 91.8 Å². The molecule has 0 nitrogen and oxygen atoms in total. The monoisotopic (exact) mass is 348 g/mol.